The number of carbonyl (C=O) groups is 1. The lowest BCUT2D eigenvalue weighted by Crippen LogP contribution is -2.27. The van der Waals surface area contributed by atoms with Gasteiger partial charge in [-0.1, -0.05) is 6.07 Å². The molecule has 4 rings (SSSR count). The van der Waals surface area contributed by atoms with Crippen LogP contribution in [0.5, 0.6) is 0 Å². The van der Waals surface area contributed by atoms with Crippen LogP contribution in [-0.2, 0) is 24.1 Å². The Labute approximate surface area is 167 Å². The zero-order valence-corrected chi connectivity index (χ0v) is 15.4. The summed E-state index contributed by atoms with van der Waals surface area (Å²) in [4.78, 5) is 28.4. The van der Waals surface area contributed by atoms with Crippen LogP contribution in [0.25, 0.3) is 11.0 Å². The van der Waals surface area contributed by atoms with Gasteiger partial charge in [0.25, 0.3) is 5.56 Å². The molecule has 1 amide bonds. The normalized spacial score (nSPS) is 11.7. The number of nitrogens with one attached hydrogen (secondary N) is 1. The number of hydrogen-bond acceptors (Lipinski definition) is 4. The van der Waals surface area contributed by atoms with E-state index in [1.165, 1.54) is 29.2 Å². The summed E-state index contributed by atoms with van der Waals surface area (Å²) < 4.78 is 47.3. The zero-order valence-electron chi connectivity index (χ0n) is 15.4. The third-order valence-corrected chi connectivity index (χ3v) is 4.43. The van der Waals surface area contributed by atoms with E-state index >= 15 is 0 Å². The Morgan fingerprint density at radius 2 is 1.97 bits per heavy atom. The molecule has 30 heavy (non-hydrogen) atoms. The second-order valence-electron chi connectivity index (χ2n) is 6.52. The van der Waals surface area contributed by atoms with Crippen molar-refractivity contribution in [2.45, 2.75) is 19.3 Å². The van der Waals surface area contributed by atoms with Crippen LogP contribution in [-0.4, -0.2) is 20.0 Å². The van der Waals surface area contributed by atoms with Crippen LogP contribution in [0, 0.1) is 0 Å². The van der Waals surface area contributed by atoms with E-state index in [1.54, 1.807) is 28.8 Å². The number of fused-ring (bicyclic) bond motifs is 1. The molecule has 0 unspecified atom stereocenters. The van der Waals surface area contributed by atoms with Crippen molar-refractivity contribution in [3.8, 4) is 0 Å². The van der Waals surface area contributed by atoms with Crippen LogP contribution >= 0.6 is 0 Å². The van der Waals surface area contributed by atoms with E-state index in [0.29, 0.717) is 11.3 Å². The first-order valence-corrected chi connectivity index (χ1v) is 8.86. The van der Waals surface area contributed by atoms with Crippen molar-refractivity contribution in [1.29, 1.82) is 0 Å². The largest absolute Gasteiger partial charge is 0.467 e. The topological polar surface area (TPSA) is 82.1 Å². The Morgan fingerprint density at radius 3 is 2.67 bits per heavy atom. The molecule has 0 radical (unpaired) electrons. The van der Waals surface area contributed by atoms with E-state index in [4.69, 9.17) is 4.42 Å². The number of furan rings is 1. The minimum absolute atomic E-state index is 0.0507. The highest BCUT2D eigenvalue weighted by Crippen LogP contribution is 2.32. The van der Waals surface area contributed by atoms with E-state index < -0.39 is 17.6 Å². The van der Waals surface area contributed by atoms with Gasteiger partial charge in [0, 0.05) is 12.3 Å². The Kier molecular flexibility index (Phi) is 4.90. The lowest BCUT2D eigenvalue weighted by molar-refractivity contribution is -0.137. The van der Waals surface area contributed by atoms with Gasteiger partial charge in [-0.15, -0.1) is 0 Å². The molecule has 0 aliphatic carbocycles. The number of pyridine rings is 1. The average Bonchev–Trinajstić information content (AvgIpc) is 3.31. The zero-order chi connectivity index (χ0) is 21.3. The van der Waals surface area contributed by atoms with E-state index in [9.17, 15) is 22.8 Å². The first-order valence-electron chi connectivity index (χ1n) is 8.86. The first kappa shape index (κ1) is 19.5. The number of halogens is 3. The van der Waals surface area contributed by atoms with Crippen LogP contribution < -0.4 is 10.9 Å². The summed E-state index contributed by atoms with van der Waals surface area (Å²) >= 11 is 0. The maximum Gasteiger partial charge on any atom is 0.416 e. The number of carbonyl (C=O) groups excluding carboxylic acids is 1. The van der Waals surface area contributed by atoms with Crippen molar-refractivity contribution in [2.24, 2.45) is 0 Å². The molecule has 10 heteroatoms. The van der Waals surface area contributed by atoms with Crippen molar-refractivity contribution >= 4 is 22.9 Å². The standard InChI is InChI=1S/C20H15F3N4O3/c21-20(22,23)13-6-7-16-15(10-13)24-19(27(16)11-14-4-3-9-30-14)25-17(28)12-26-8-2-1-5-18(26)29/h1-10H,11-12H2,(H,24,25,28). The molecule has 1 N–H and O–H groups in total. The number of hydrogen-bond donors (Lipinski definition) is 1. The molecule has 0 bridgehead atoms. The number of benzene rings is 1. The van der Waals surface area contributed by atoms with Gasteiger partial charge in [-0.05, 0) is 36.4 Å². The predicted molar refractivity (Wildman–Crippen MR) is 102 cm³/mol. The van der Waals surface area contributed by atoms with Gasteiger partial charge in [0.1, 0.15) is 12.3 Å². The number of imidazole rings is 1. The van der Waals surface area contributed by atoms with Crippen LogP contribution in [0.4, 0.5) is 19.1 Å². The van der Waals surface area contributed by atoms with Crippen LogP contribution in [0.2, 0.25) is 0 Å². The Hall–Kier alpha value is -3.82. The van der Waals surface area contributed by atoms with Crippen molar-refractivity contribution < 1.29 is 22.4 Å². The molecule has 0 fully saturated rings. The maximum atomic E-state index is 13.1. The van der Waals surface area contributed by atoms with Crippen LogP contribution in [0.3, 0.4) is 0 Å². The minimum Gasteiger partial charge on any atom is -0.467 e. The van der Waals surface area contributed by atoms with Gasteiger partial charge in [0.05, 0.1) is 29.4 Å². The van der Waals surface area contributed by atoms with Crippen molar-refractivity contribution in [2.75, 3.05) is 5.32 Å². The fourth-order valence-corrected chi connectivity index (χ4v) is 3.03. The number of alkyl halides is 3. The molecule has 0 spiro atoms. The number of aromatic nitrogens is 3. The molecular formula is C20H15F3N4O3. The Bertz CT molecular complexity index is 1260. The van der Waals surface area contributed by atoms with Crippen LogP contribution in [0.1, 0.15) is 11.3 Å². The fourth-order valence-electron chi connectivity index (χ4n) is 3.03. The molecule has 0 saturated carbocycles. The summed E-state index contributed by atoms with van der Waals surface area (Å²) in [7, 11) is 0. The number of nitrogens with zero attached hydrogens (tertiary/aromatic N) is 3. The van der Waals surface area contributed by atoms with Gasteiger partial charge < -0.3 is 13.6 Å². The fraction of sp³-hybridized carbons (Fsp3) is 0.150. The molecule has 3 aromatic heterocycles. The van der Waals surface area contributed by atoms with Crippen molar-refractivity contribution in [3.63, 3.8) is 0 Å². The monoisotopic (exact) mass is 416 g/mol. The quantitative estimate of drug-likeness (QED) is 0.540. The third-order valence-electron chi connectivity index (χ3n) is 4.43. The van der Waals surface area contributed by atoms with E-state index in [0.717, 1.165) is 12.1 Å². The summed E-state index contributed by atoms with van der Waals surface area (Å²) in [6, 6.07) is 11.0. The summed E-state index contributed by atoms with van der Waals surface area (Å²) in [6.07, 6.45) is -1.59. The molecule has 0 aliphatic heterocycles. The molecule has 0 aliphatic rings. The van der Waals surface area contributed by atoms with Gasteiger partial charge in [-0.25, -0.2) is 4.98 Å². The van der Waals surface area contributed by atoms with Gasteiger partial charge in [-0.3, -0.25) is 14.9 Å². The Balaban J connectivity index is 1.70. The van der Waals surface area contributed by atoms with E-state index in [1.807, 2.05) is 0 Å². The lowest BCUT2D eigenvalue weighted by Gasteiger charge is -2.10. The molecule has 0 atom stereocenters. The van der Waals surface area contributed by atoms with Crippen LogP contribution in [0.15, 0.2) is 70.2 Å². The van der Waals surface area contributed by atoms with Gasteiger partial charge >= 0.3 is 6.18 Å². The molecular weight excluding hydrogens is 401 g/mol. The number of anilines is 1. The highest BCUT2D eigenvalue weighted by atomic mass is 19.4. The number of amides is 1. The lowest BCUT2D eigenvalue weighted by atomic mass is 10.2. The van der Waals surface area contributed by atoms with Gasteiger partial charge in [-0.2, -0.15) is 13.2 Å². The number of rotatable bonds is 5. The first-order chi connectivity index (χ1) is 14.3. The second kappa shape index (κ2) is 7.54. The predicted octanol–water partition coefficient (Wildman–Crippen LogP) is 3.50. The van der Waals surface area contributed by atoms with Gasteiger partial charge in [0.15, 0.2) is 0 Å². The molecule has 3 heterocycles. The average molecular weight is 416 g/mol. The van der Waals surface area contributed by atoms with Gasteiger partial charge in [0.2, 0.25) is 11.9 Å². The molecule has 7 nitrogen and oxygen atoms in total. The smallest absolute Gasteiger partial charge is 0.416 e. The summed E-state index contributed by atoms with van der Waals surface area (Å²) in [5.41, 5.74) is -0.729. The maximum absolute atomic E-state index is 13.1. The highest BCUT2D eigenvalue weighted by Gasteiger charge is 2.31. The molecule has 4 aromatic rings. The summed E-state index contributed by atoms with van der Waals surface area (Å²) in [6.45, 7) is -0.118. The highest BCUT2D eigenvalue weighted by molar-refractivity contribution is 5.91. The minimum atomic E-state index is -4.52. The van der Waals surface area contributed by atoms with Crippen molar-refractivity contribution in [1.82, 2.24) is 14.1 Å². The summed E-state index contributed by atoms with van der Waals surface area (Å²) in [5, 5.41) is 2.58. The third kappa shape index (κ3) is 3.97. The van der Waals surface area contributed by atoms with E-state index in [-0.39, 0.29) is 30.1 Å². The molecule has 1 aromatic carbocycles. The van der Waals surface area contributed by atoms with Crippen molar-refractivity contribution in [3.05, 3.63) is 82.7 Å². The Morgan fingerprint density at radius 1 is 1.13 bits per heavy atom. The van der Waals surface area contributed by atoms with E-state index in [2.05, 4.69) is 10.3 Å². The molecule has 154 valence electrons. The second-order valence-corrected chi connectivity index (χ2v) is 6.52. The molecule has 0 saturated heterocycles. The SMILES string of the molecule is O=C(Cn1ccccc1=O)Nc1nc2cc(C(F)(F)F)ccc2n1Cc1ccco1. The summed E-state index contributed by atoms with van der Waals surface area (Å²) in [5.74, 6) is 0.0361.